The summed E-state index contributed by atoms with van der Waals surface area (Å²) >= 11 is 1.62. The molecule has 2 nitrogen and oxygen atoms in total. The summed E-state index contributed by atoms with van der Waals surface area (Å²) in [4.78, 5) is 5.28. The van der Waals surface area contributed by atoms with Crippen LogP contribution in [0.4, 0.5) is 10.2 Å². The average molecular weight is 276 g/mol. The van der Waals surface area contributed by atoms with Crippen molar-refractivity contribution in [1.82, 2.24) is 4.98 Å². The maximum absolute atomic E-state index is 13.1. The van der Waals surface area contributed by atoms with Crippen LogP contribution in [-0.4, -0.2) is 11.5 Å². The van der Waals surface area contributed by atoms with E-state index in [4.69, 9.17) is 0 Å². The topological polar surface area (TPSA) is 24.9 Å². The number of thioether (sulfide) groups is 1. The zero-order valence-electron chi connectivity index (χ0n) is 10.9. The molecule has 1 heterocycles. The van der Waals surface area contributed by atoms with E-state index in [1.807, 2.05) is 12.1 Å². The second kappa shape index (κ2) is 7.14. The molecule has 0 amide bonds. The number of nitrogens with zero attached hydrogens (tertiary/aromatic N) is 1. The van der Waals surface area contributed by atoms with Crippen LogP contribution in [0.1, 0.15) is 18.9 Å². The summed E-state index contributed by atoms with van der Waals surface area (Å²) < 4.78 is 13.1. The highest BCUT2D eigenvalue weighted by Crippen LogP contribution is 2.25. The maximum atomic E-state index is 13.1. The van der Waals surface area contributed by atoms with Gasteiger partial charge in [0.15, 0.2) is 0 Å². The molecule has 19 heavy (non-hydrogen) atoms. The van der Waals surface area contributed by atoms with Crippen LogP contribution >= 0.6 is 11.8 Å². The predicted octanol–water partition coefficient (Wildman–Crippen LogP) is 4.33. The third-order valence-electron chi connectivity index (χ3n) is 2.62. The van der Waals surface area contributed by atoms with Crippen molar-refractivity contribution in [2.45, 2.75) is 24.0 Å². The molecule has 0 aliphatic heterocycles. The molecule has 2 rings (SSSR count). The van der Waals surface area contributed by atoms with Crippen LogP contribution in [0.15, 0.2) is 47.5 Å². The summed E-state index contributed by atoms with van der Waals surface area (Å²) in [7, 11) is 0. The van der Waals surface area contributed by atoms with Gasteiger partial charge in [0.2, 0.25) is 0 Å². The summed E-state index contributed by atoms with van der Waals surface area (Å²) in [6.07, 6.45) is 2.85. The van der Waals surface area contributed by atoms with Crippen LogP contribution in [-0.2, 0) is 5.75 Å². The molecule has 4 heteroatoms. The summed E-state index contributed by atoms with van der Waals surface area (Å²) in [6, 6.07) is 10.7. The Bertz CT molecular complexity index is 531. The molecule has 1 aromatic carbocycles. The van der Waals surface area contributed by atoms with Gasteiger partial charge < -0.3 is 5.32 Å². The summed E-state index contributed by atoms with van der Waals surface area (Å²) in [5.74, 6) is 1.51. The number of pyridine rings is 1. The van der Waals surface area contributed by atoms with E-state index in [2.05, 4.69) is 23.3 Å². The van der Waals surface area contributed by atoms with Crippen molar-refractivity contribution in [3.05, 3.63) is 54.0 Å². The molecule has 0 saturated carbocycles. The Morgan fingerprint density at radius 1 is 1.26 bits per heavy atom. The minimum Gasteiger partial charge on any atom is -0.370 e. The molecular weight excluding hydrogens is 259 g/mol. The third-order valence-corrected chi connectivity index (χ3v) is 3.67. The smallest absolute Gasteiger partial charge is 0.129 e. The van der Waals surface area contributed by atoms with Crippen LogP contribution in [0, 0.1) is 5.82 Å². The van der Waals surface area contributed by atoms with Crippen molar-refractivity contribution >= 4 is 17.6 Å². The highest BCUT2D eigenvalue weighted by Gasteiger charge is 2.04. The van der Waals surface area contributed by atoms with Gasteiger partial charge in [0.05, 0.1) is 0 Å². The van der Waals surface area contributed by atoms with Gasteiger partial charge in [-0.25, -0.2) is 9.37 Å². The Labute approximate surface area is 117 Å². The number of hydrogen-bond donors (Lipinski definition) is 1. The van der Waals surface area contributed by atoms with E-state index in [-0.39, 0.29) is 5.82 Å². The highest BCUT2D eigenvalue weighted by atomic mass is 32.2. The molecule has 0 aliphatic rings. The van der Waals surface area contributed by atoms with E-state index in [1.54, 1.807) is 30.1 Å². The fourth-order valence-electron chi connectivity index (χ4n) is 1.68. The molecule has 100 valence electrons. The minimum absolute atomic E-state index is 0.194. The standard InChI is InChI=1S/C15H17FN2S/c1-2-8-17-15-12(5-4-9-18-15)11-19-14-7-3-6-13(16)10-14/h3-7,9-10H,2,8,11H2,1H3,(H,17,18). The van der Waals surface area contributed by atoms with E-state index in [0.29, 0.717) is 0 Å². The number of nitrogens with one attached hydrogen (secondary N) is 1. The van der Waals surface area contributed by atoms with E-state index >= 15 is 0 Å². The number of anilines is 1. The molecular formula is C15H17FN2S. The van der Waals surface area contributed by atoms with Gasteiger partial charge in [-0.05, 0) is 30.7 Å². The molecule has 0 bridgehead atoms. The lowest BCUT2D eigenvalue weighted by Crippen LogP contribution is -2.04. The molecule has 0 aliphatic carbocycles. The quantitative estimate of drug-likeness (QED) is 0.795. The first-order valence-electron chi connectivity index (χ1n) is 6.35. The van der Waals surface area contributed by atoms with Crippen molar-refractivity contribution in [1.29, 1.82) is 0 Å². The van der Waals surface area contributed by atoms with Crippen LogP contribution in [0.5, 0.6) is 0 Å². The zero-order valence-corrected chi connectivity index (χ0v) is 11.7. The Kier molecular flexibility index (Phi) is 5.21. The second-order valence-corrected chi connectivity index (χ2v) is 5.23. The molecule has 1 N–H and O–H groups in total. The van der Waals surface area contributed by atoms with Gasteiger partial charge in [0, 0.05) is 29.0 Å². The van der Waals surface area contributed by atoms with Crippen molar-refractivity contribution in [3.63, 3.8) is 0 Å². The second-order valence-electron chi connectivity index (χ2n) is 4.18. The minimum atomic E-state index is -0.194. The number of benzene rings is 1. The lowest BCUT2D eigenvalue weighted by molar-refractivity contribution is 0.624. The van der Waals surface area contributed by atoms with E-state index < -0.39 is 0 Å². The maximum Gasteiger partial charge on any atom is 0.129 e. The average Bonchev–Trinajstić information content (AvgIpc) is 2.44. The van der Waals surface area contributed by atoms with Crippen molar-refractivity contribution in [2.75, 3.05) is 11.9 Å². The van der Waals surface area contributed by atoms with Gasteiger partial charge >= 0.3 is 0 Å². The molecule has 0 fully saturated rings. The molecule has 2 aromatic rings. The molecule has 0 radical (unpaired) electrons. The predicted molar refractivity (Wildman–Crippen MR) is 79.0 cm³/mol. The van der Waals surface area contributed by atoms with Crippen LogP contribution in [0.3, 0.4) is 0 Å². The summed E-state index contributed by atoms with van der Waals surface area (Å²) in [5, 5.41) is 3.31. The zero-order chi connectivity index (χ0) is 13.5. The Morgan fingerprint density at radius 2 is 2.16 bits per heavy atom. The van der Waals surface area contributed by atoms with E-state index in [0.717, 1.165) is 35.0 Å². The van der Waals surface area contributed by atoms with Gasteiger partial charge in [-0.15, -0.1) is 11.8 Å². The Hall–Kier alpha value is -1.55. The third kappa shape index (κ3) is 4.24. The fraction of sp³-hybridized carbons (Fsp3) is 0.267. The van der Waals surface area contributed by atoms with Crippen molar-refractivity contribution in [3.8, 4) is 0 Å². The summed E-state index contributed by atoms with van der Waals surface area (Å²) in [5.41, 5.74) is 1.14. The first kappa shape index (κ1) is 13.9. The fourth-order valence-corrected chi connectivity index (χ4v) is 2.60. The number of rotatable bonds is 6. The van der Waals surface area contributed by atoms with Gasteiger partial charge in [0.1, 0.15) is 11.6 Å². The van der Waals surface area contributed by atoms with Crippen molar-refractivity contribution in [2.24, 2.45) is 0 Å². The van der Waals surface area contributed by atoms with Gasteiger partial charge in [-0.3, -0.25) is 0 Å². The van der Waals surface area contributed by atoms with Crippen LogP contribution in [0.2, 0.25) is 0 Å². The molecule has 0 saturated heterocycles. The number of hydrogen-bond acceptors (Lipinski definition) is 3. The first-order chi connectivity index (χ1) is 9.29. The normalized spacial score (nSPS) is 10.4. The van der Waals surface area contributed by atoms with Crippen LogP contribution in [0.25, 0.3) is 0 Å². The number of aromatic nitrogens is 1. The van der Waals surface area contributed by atoms with Gasteiger partial charge in [-0.2, -0.15) is 0 Å². The van der Waals surface area contributed by atoms with E-state index in [9.17, 15) is 4.39 Å². The summed E-state index contributed by atoms with van der Waals surface area (Å²) in [6.45, 7) is 3.03. The van der Waals surface area contributed by atoms with Crippen molar-refractivity contribution < 1.29 is 4.39 Å². The van der Waals surface area contributed by atoms with E-state index in [1.165, 1.54) is 6.07 Å². The molecule has 1 aromatic heterocycles. The largest absolute Gasteiger partial charge is 0.370 e. The lowest BCUT2D eigenvalue weighted by atomic mass is 10.3. The number of halogens is 1. The first-order valence-corrected chi connectivity index (χ1v) is 7.34. The monoisotopic (exact) mass is 276 g/mol. The van der Waals surface area contributed by atoms with Gasteiger partial charge in [0.25, 0.3) is 0 Å². The van der Waals surface area contributed by atoms with Gasteiger partial charge in [-0.1, -0.05) is 19.1 Å². The molecule has 0 spiro atoms. The molecule has 0 unspecified atom stereocenters. The highest BCUT2D eigenvalue weighted by molar-refractivity contribution is 7.98. The molecule has 0 atom stereocenters. The lowest BCUT2D eigenvalue weighted by Gasteiger charge is -2.09. The Balaban J connectivity index is 2.02. The Morgan fingerprint density at radius 3 is 2.95 bits per heavy atom. The van der Waals surface area contributed by atoms with Crippen LogP contribution < -0.4 is 5.32 Å². The SMILES string of the molecule is CCCNc1ncccc1CSc1cccc(F)c1.